The molecular formula is C15H20O. The van der Waals surface area contributed by atoms with E-state index in [1.165, 1.54) is 11.1 Å². The maximum absolute atomic E-state index is 9.11. The summed E-state index contributed by atoms with van der Waals surface area (Å²) < 4.78 is 0. The smallest absolute Gasteiger partial charge is 0.0433 e. The fraction of sp³-hybridized carbons (Fsp3) is 0.467. The summed E-state index contributed by atoms with van der Waals surface area (Å²) in [5, 5.41) is 9.11. The maximum Gasteiger partial charge on any atom is 0.0433 e. The summed E-state index contributed by atoms with van der Waals surface area (Å²) >= 11 is 0. The van der Waals surface area contributed by atoms with Gasteiger partial charge < -0.3 is 5.11 Å². The molecule has 0 amide bonds. The third kappa shape index (κ3) is 3.21. The normalized spacial score (nSPS) is 18.4. The average Bonchev–Trinajstić information content (AvgIpc) is 2.91. The van der Waals surface area contributed by atoms with Gasteiger partial charge in [-0.05, 0) is 38.0 Å². The first-order chi connectivity index (χ1) is 7.88. The molecule has 0 aliphatic heterocycles. The SMILES string of the molecule is OCCC(CC1=CC=CC1)CC1=CC=CC1. The van der Waals surface area contributed by atoms with E-state index in [1.54, 1.807) is 0 Å². The molecule has 0 heterocycles. The second-order valence-electron chi connectivity index (χ2n) is 4.70. The molecule has 86 valence electrons. The highest BCUT2D eigenvalue weighted by Crippen LogP contribution is 2.29. The molecule has 0 spiro atoms. The van der Waals surface area contributed by atoms with E-state index < -0.39 is 0 Å². The van der Waals surface area contributed by atoms with Gasteiger partial charge in [0.25, 0.3) is 0 Å². The van der Waals surface area contributed by atoms with E-state index >= 15 is 0 Å². The number of aliphatic hydroxyl groups is 1. The standard InChI is InChI=1S/C15H20O/c16-10-9-15(11-13-5-1-2-6-13)12-14-7-3-4-8-14/h1-5,7,15-16H,6,8-12H2. The van der Waals surface area contributed by atoms with Gasteiger partial charge in [-0.1, -0.05) is 47.6 Å². The Bertz CT molecular complexity index is 312. The molecule has 0 atom stereocenters. The predicted molar refractivity (Wildman–Crippen MR) is 68.1 cm³/mol. The molecule has 0 aromatic rings. The molecule has 2 rings (SSSR count). The van der Waals surface area contributed by atoms with Crippen molar-refractivity contribution in [3.63, 3.8) is 0 Å². The Morgan fingerprint density at radius 2 is 1.56 bits per heavy atom. The van der Waals surface area contributed by atoms with Crippen molar-refractivity contribution in [3.05, 3.63) is 47.6 Å². The molecule has 1 heteroatoms. The van der Waals surface area contributed by atoms with E-state index in [9.17, 15) is 0 Å². The number of allylic oxidation sites excluding steroid dienone is 8. The number of hydrogen-bond acceptors (Lipinski definition) is 1. The second-order valence-corrected chi connectivity index (χ2v) is 4.70. The van der Waals surface area contributed by atoms with Crippen LogP contribution in [0.3, 0.4) is 0 Å². The lowest BCUT2D eigenvalue weighted by Gasteiger charge is -2.17. The molecule has 2 aliphatic carbocycles. The second kappa shape index (κ2) is 5.86. The zero-order chi connectivity index (χ0) is 11.2. The topological polar surface area (TPSA) is 20.2 Å². The van der Waals surface area contributed by atoms with Gasteiger partial charge in [-0.3, -0.25) is 0 Å². The molecule has 1 nitrogen and oxygen atoms in total. The highest BCUT2D eigenvalue weighted by Gasteiger charge is 2.14. The van der Waals surface area contributed by atoms with Crippen molar-refractivity contribution in [3.8, 4) is 0 Å². The first-order valence-corrected chi connectivity index (χ1v) is 6.18. The predicted octanol–water partition coefficient (Wildman–Crippen LogP) is 3.54. The first-order valence-electron chi connectivity index (χ1n) is 6.18. The van der Waals surface area contributed by atoms with Crippen molar-refractivity contribution < 1.29 is 5.11 Å². The highest BCUT2D eigenvalue weighted by molar-refractivity contribution is 5.25. The van der Waals surface area contributed by atoms with Gasteiger partial charge in [0.1, 0.15) is 0 Å². The summed E-state index contributed by atoms with van der Waals surface area (Å²) in [6, 6.07) is 0. The van der Waals surface area contributed by atoms with Gasteiger partial charge >= 0.3 is 0 Å². The van der Waals surface area contributed by atoms with Gasteiger partial charge in [0.05, 0.1) is 0 Å². The van der Waals surface area contributed by atoms with Crippen LogP contribution in [0, 0.1) is 5.92 Å². The number of aliphatic hydroxyl groups excluding tert-OH is 1. The Balaban J connectivity index is 1.84. The quantitative estimate of drug-likeness (QED) is 0.720. The van der Waals surface area contributed by atoms with Crippen molar-refractivity contribution >= 4 is 0 Å². The van der Waals surface area contributed by atoms with Gasteiger partial charge in [0.2, 0.25) is 0 Å². The summed E-state index contributed by atoms with van der Waals surface area (Å²) in [5.74, 6) is 0.613. The lowest BCUT2D eigenvalue weighted by Crippen LogP contribution is -2.05. The summed E-state index contributed by atoms with van der Waals surface area (Å²) in [6.45, 7) is 0.312. The molecule has 0 saturated heterocycles. The van der Waals surface area contributed by atoms with Crippen LogP contribution >= 0.6 is 0 Å². The molecule has 0 unspecified atom stereocenters. The molecule has 0 aromatic heterocycles. The molecule has 0 aromatic carbocycles. The Morgan fingerprint density at radius 3 is 1.94 bits per heavy atom. The van der Waals surface area contributed by atoms with E-state index in [0.717, 1.165) is 32.1 Å². The summed E-state index contributed by atoms with van der Waals surface area (Å²) in [4.78, 5) is 0. The summed E-state index contributed by atoms with van der Waals surface area (Å²) in [5.41, 5.74) is 3.04. The molecule has 0 fully saturated rings. The lowest BCUT2D eigenvalue weighted by molar-refractivity contribution is 0.255. The number of hydrogen-bond donors (Lipinski definition) is 1. The maximum atomic E-state index is 9.11. The van der Waals surface area contributed by atoms with Crippen LogP contribution in [0.15, 0.2) is 47.6 Å². The first kappa shape index (κ1) is 11.4. The van der Waals surface area contributed by atoms with Crippen LogP contribution in [0.1, 0.15) is 32.1 Å². The van der Waals surface area contributed by atoms with E-state index in [1.807, 2.05) is 0 Å². The van der Waals surface area contributed by atoms with Gasteiger partial charge in [-0.25, -0.2) is 0 Å². The molecular weight excluding hydrogens is 196 g/mol. The van der Waals surface area contributed by atoms with Gasteiger partial charge in [0, 0.05) is 6.61 Å². The Hall–Kier alpha value is -1.08. The van der Waals surface area contributed by atoms with E-state index in [0.29, 0.717) is 12.5 Å². The van der Waals surface area contributed by atoms with Crippen LogP contribution in [0.25, 0.3) is 0 Å². The van der Waals surface area contributed by atoms with Gasteiger partial charge in [-0.15, -0.1) is 0 Å². The zero-order valence-electron chi connectivity index (χ0n) is 9.73. The third-order valence-corrected chi connectivity index (χ3v) is 3.34. The third-order valence-electron chi connectivity index (χ3n) is 3.34. The molecule has 1 N–H and O–H groups in total. The minimum atomic E-state index is 0.312. The highest BCUT2D eigenvalue weighted by atomic mass is 16.3. The van der Waals surface area contributed by atoms with Crippen LogP contribution in [-0.4, -0.2) is 11.7 Å². The van der Waals surface area contributed by atoms with E-state index in [-0.39, 0.29) is 0 Å². The molecule has 16 heavy (non-hydrogen) atoms. The summed E-state index contributed by atoms with van der Waals surface area (Å²) in [7, 11) is 0. The monoisotopic (exact) mass is 216 g/mol. The fourth-order valence-electron chi connectivity index (χ4n) is 2.49. The van der Waals surface area contributed by atoms with Crippen molar-refractivity contribution in [2.45, 2.75) is 32.1 Å². The van der Waals surface area contributed by atoms with Crippen molar-refractivity contribution in [1.82, 2.24) is 0 Å². The molecule has 2 aliphatic rings. The lowest BCUT2D eigenvalue weighted by atomic mass is 9.89. The van der Waals surface area contributed by atoms with Crippen molar-refractivity contribution in [1.29, 1.82) is 0 Å². The minimum Gasteiger partial charge on any atom is -0.396 e. The molecule has 0 bridgehead atoms. The largest absolute Gasteiger partial charge is 0.396 e. The van der Waals surface area contributed by atoms with Gasteiger partial charge in [-0.2, -0.15) is 0 Å². The molecule has 0 radical (unpaired) electrons. The van der Waals surface area contributed by atoms with Crippen LogP contribution < -0.4 is 0 Å². The van der Waals surface area contributed by atoms with Crippen LogP contribution in [0.5, 0.6) is 0 Å². The summed E-state index contributed by atoms with van der Waals surface area (Å²) in [6.07, 6.45) is 18.6. The number of rotatable bonds is 6. The minimum absolute atomic E-state index is 0.312. The van der Waals surface area contributed by atoms with Crippen LogP contribution in [-0.2, 0) is 0 Å². The van der Waals surface area contributed by atoms with E-state index in [4.69, 9.17) is 5.11 Å². The Labute approximate surface area is 97.9 Å². The fourth-order valence-corrected chi connectivity index (χ4v) is 2.49. The van der Waals surface area contributed by atoms with Crippen LogP contribution in [0.4, 0.5) is 0 Å². The molecule has 0 saturated carbocycles. The Kier molecular flexibility index (Phi) is 4.17. The zero-order valence-corrected chi connectivity index (χ0v) is 9.73. The van der Waals surface area contributed by atoms with Crippen molar-refractivity contribution in [2.24, 2.45) is 5.92 Å². The average molecular weight is 216 g/mol. The van der Waals surface area contributed by atoms with Gasteiger partial charge in [0.15, 0.2) is 0 Å². The van der Waals surface area contributed by atoms with Crippen molar-refractivity contribution in [2.75, 3.05) is 6.61 Å². The Morgan fingerprint density at radius 1 is 1.00 bits per heavy atom. The van der Waals surface area contributed by atoms with Crippen LogP contribution in [0.2, 0.25) is 0 Å². The van der Waals surface area contributed by atoms with E-state index in [2.05, 4.69) is 36.5 Å².